The minimum absolute atomic E-state index is 0.0741. The number of pyridine rings is 1. The third kappa shape index (κ3) is 6.23. The van der Waals surface area contributed by atoms with E-state index in [-0.39, 0.29) is 30.4 Å². The molecule has 0 bridgehead atoms. The van der Waals surface area contributed by atoms with Crippen molar-refractivity contribution in [2.45, 2.75) is 93.2 Å². The number of rotatable bonds is 7. The van der Waals surface area contributed by atoms with Crippen LogP contribution in [0.3, 0.4) is 0 Å². The van der Waals surface area contributed by atoms with Gasteiger partial charge in [0.2, 0.25) is 0 Å². The molecule has 2 aromatic rings. The molecular weight excluding hydrogens is 575 g/mol. The molecule has 1 aromatic carbocycles. The SMILES string of the molecule is Cc1ccc(C2CCC(C)(C)OC2)c(OC2(C(=O)NS(=O)(=O)c3cccc(N4CCC(O)(C(F)(F)F)CC4)n3)CC2)c1. The van der Waals surface area contributed by atoms with E-state index in [4.69, 9.17) is 9.47 Å². The molecule has 2 saturated heterocycles. The first-order valence-corrected chi connectivity index (χ1v) is 15.5. The normalized spacial score (nSPS) is 23.2. The van der Waals surface area contributed by atoms with E-state index in [1.807, 2.05) is 39.0 Å². The van der Waals surface area contributed by atoms with Crippen molar-refractivity contribution in [2.24, 2.45) is 0 Å². The van der Waals surface area contributed by atoms with E-state index in [2.05, 4.69) is 9.71 Å². The van der Waals surface area contributed by atoms with E-state index in [0.717, 1.165) is 24.0 Å². The van der Waals surface area contributed by atoms with Crippen molar-refractivity contribution in [1.29, 1.82) is 0 Å². The molecule has 3 heterocycles. The molecule has 1 aromatic heterocycles. The van der Waals surface area contributed by atoms with Gasteiger partial charge in [-0.15, -0.1) is 0 Å². The first kappa shape index (κ1) is 30.6. The van der Waals surface area contributed by atoms with Crippen LogP contribution in [0.5, 0.6) is 5.75 Å². The summed E-state index contributed by atoms with van der Waals surface area (Å²) in [5.74, 6) is -0.0759. The highest BCUT2D eigenvalue weighted by Crippen LogP contribution is 2.45. The monoisotopic (exact) mass is 611 g/mol. The molecule has 5 rings (SSSR count). The molecule has 9 nitrogen and oxygen atoms in total. The van der Waals surface area contributed by atoms with Crippen molar-refractivity contribution in [2.75, 3.05) is 24.6 Å². The minimum Gasteiger partial charge on any atom is -0.477 e. The van der Waals surface area contributed by atoms with Crippen molar-refractivity contribution < 1.29 is 41.0 Å². The number of carbonyl (C=O) groups excluding carboxylic acids is 1. The highest BCUT2D eigenvalue weighted by atomic mass is 32.2. The summed E-state index contributed by atoms with van der Waals surface area (Å²) in [4.78, 5) is 18.9. The van der Waals surface area contributed by atoms with E-state index in [1.54, 1.807) is 0 Å². The number of nitrogens with zero attached hydrogens (tertiary/aromatic N) is 2. The van der Waals surface area contributed by atoms with E-state index >= 15 is 0 Å². The molecule has 13 heteroatoms. The highest BCUT2D eigenvalue weighted by Gasteiger charge is 2.56. The van der Waals surface area contributed by atoms with E-state index in [1.165, 1.54) is 23.1 Å². The zero-order valence-electron chi connectivity index (χ0n) is 23.8. The van der Waals surface area contributed by atoms with Crippen LogP contribution in [0.15, 0.2) is 41.4 Å². The molecule has 1 unspecified atom stereocenters. The van der Waals surface area contributed by atoms with Crippen molar-refractivity contribution in [3.63, 3.8) is 0 Å². The summed E-state index contributed by atoms with van der Waals surface area (Å²) in [5, 5.41) is 9.49. The van der Waals surface area contributed by atoms with Crippen molar-refractivity contribution >= 4 is 21.7 Å². The lowest BCUT2D eigenvalue weighted by Crippen LogP contribution is -2.53. The second-order valence-corrected chi connectivity index (χ2v) is 13.9. The fraction of sp³-hybridized carbons (Fsp3) is 0.586. The van der Waals surface area contributed by atoms with E-state index in [0.29, 0.717) is 25.2 Å². The Labute approximate surface area is 243 Å². The summed E-state index contributed by atoms with van der Waals surface area (Å²) < 4.78 is 80.3. The lowest BCUT2D eigenvalue weighted by Gasteiger charge is -2.39. The van der Waals surface area contributed by atoms with Crippen LogP contribution in [0.1, 0.15) is 69.4 Å². The van der Waals surface area contributed by atoms with Crippen LogP contribution < -0.4 is 14.4 Å². The predicted molar refractivity (Wildman–Crippen MR) is 148 cm³/mol. The number of nitrogens with one attached hydrogen (secondary N) is 1. The topological polar surface area (TPSA) is 118 Å². The lowest BCUT2D eigenvalue weighted by molar-refractivity contribution is -0.266. The molecule has 1 saturated carbocycles. The van der Waals surface area contributed by atoms with Gasteiger partial charge >= 0.3 is 6.18 Å². The molecule has 1 aliphatic carbocycles. The first-order valence-electron chi connectivity index (χ1n) is 14.0. The molecule has 3 aliphatic rings. The second kappa shape index (κ2) is 10.7. The van der Waals surface area contributed by atoms with Gasteiger partial charge in [-0.25, -0.2) is 9.71 Å². The number of aromatic nitrogens is 1. The lowest BCUT2D eigenvalue weighted by atomic mass is 9.86. The molecule has 42 heavy (non-hydrogen) atoms. The first-order chi connectivity index (χ1) is 19.5. The summed E-state index contributed by atoms with van der Waals surface area (Å²) in [6.07, 6.45) is -3.49. The summed E-state index contributed by atoms with van der Waals surface area (Å²) in [6.45, 7) is 6.17. The van der Waals surface area contributed by atoms with E-state index in [9.17, 15) is 31.5 Å². The van der Waals surface area contributed by atoms with Gasteiger partial charge in [0, 0.05) is 44.7 Å². The third-order valence-corrected chi connectivity index (χ3v) is 9.69. The molecule has 2 N–H and O–H groups in total. The molecule has 1 atom stereocenters. The Balaban J connectivity index is 1.29. The van der Waals surface area contributed by atoms with Crippen LogP contribution in [0.4, 0.5) is 19.0 Å². The Morgan fingerprint density at radius 1 is 1.12 bits per heavy atom. The summed E-state index contributed by atoms with van der Waals surface area (Å²) in [6, 6.07) is 9.87. The molecule has 1 amide bonds. The largest absolute Gasteiger partial charge is 0.477 e. The van der Waals surface area contributed by atoms with Crippen LogP contribution in [0, 0.1) is 6.92 Å². The smallest absolute Gasteiger partial charge is 0.417 e. The molecule has 3 fully saturated rings. The maximum absolute atomic E-state index is 13.3. The van der Waals surface area contributed by atoms with Crippen LogP contribution in [0.2, 0.25) is 0 Å². The molecule has 230 valence electrons. The maximum atomic E-state index is 13.3. The van der Waals surface area contributed by atoms with Gasteiger partial charge in [0.05, 0.1) is 12.2 Å². The van der Waals surface area contributed by atoms with Gasteiger partial charge in [-0.05, 0) is 62.9 Å². The van der Waals surface area contributed by atoms with Gasteiger partial charge in [-0.2, -0.15) is 21.6 Å². The average Bonchev–Trinajstić information content (AvgIpc) is 3.70. The van der Waals surface area contributed by atoms with Crippen molar-refractivity contribution in [3.05, 3.63) is 47.5 Å². The zero-order chi connectivity index (χ0) is 30.6. The second-order valence-electron chi connectivity index (χ2n) is 12.2. The number of halogens is 3. The number of anilines is 1. The molecule has 0 spiro atoms. The molecular formula is C29H36F3N3O6S. The van der Waals surface area contributed by atoms with Crippen molar-refractivity contribution in [1.82, 2.24) is 9.71 Å². The Kier molecular flexibility index (Phi) is 7.76. The van der Waals surface area contributed by atoms with Gasteiger partial charge in [-0.3, -0.25) is 4.79 Å². The number of piperidine rings is 1. The Morgan fingerprint density at radius 2 is 1.81 bits per heavy atom. The number of sulfonamides is 1. The van der Waals surface area contributed by atoms with Crippen LogP contribution in [-0.4, -0.2) is 67.1 Å². The van der Waals surface area contributed by atoms with Gasteiger partial charge in [0.1, 0.15) is 11.6 Å². The van der Waals surface area contributed by atoms with Gasteiger partial charge in [0.15, 0.2) is 16.2 Å². The standard InChI is InChI=1S/C29H36F3N3O6S/c1-19-7-8-21(20-9-10-26(2,3)40-18-20)22(17-19)41-27(11-12-27)25(36)34-42(38,39)24-6-4-5-23(33-24)35-15-13-28(37,14-16-35)29(30,31)32/h4-8,17,20,37H,9-16,18H2,1-3H3,(H,34,36). The Bertz CT molecular complexity index is 1440. The minimum atomic E-state index is -4.76. The maximum Gasteiger partial charge on any atom is 0.417 e. The Morgan fingerprint density at radius 3 is 2.40 bits per heavy atom. The summed E-state index contributed by atoms with van der Waals surface area (Å²) in [5.41, 5.74) is -2.51. The fourth-order valence-electron chi connectivity index (χ4n) is 5.40. The third-order valence-electron chi connectivity index (χ3n) is 8.46. The Hall–Kier alpha value is -2.90. The number of aryl methyl sites for hydroxylation is 1. The fourth-order valence-corrected chi connectivity index (χ4v) is 6.41. The molecule has 0 radical (unpaired) electrons. The number of aliphatic hydroxyl groups is 1. The number of benzene rings is 1. The van der Waals surface area contributed by atoms with E-state index < -0.39 is 51.2 Å². The predicted octanol–water partition coefficient (Wildman–Crippen LogP) is 4.37. The van der Waals surface area contributed by atoms with Gasteiger partial charge in [-0.1, -0.05) is 18.2 Å². The van der Waals surface area contributed by atoms with Crippen LogP contribution in [-0.2, 0) is 19.6 Å². The average molecular weight is 612 g/mol. The van der Waals surface area contributed by atoms with Crippen LogP contribution in [0.25, 0.3) is 0 Å². The highest BCUT2D eigenvalue weighted by molar-refractivity contribution is 7.90. The number of hydrogen-bond donors (Lipinski definition) is 2. The number of amides is 1. The van der Waals surface area contributed by atoms with Gasteiger partial charge in [0.25, 0.3) is 15.9 Å². The molecule has 2 aliphatic heterocycles. The summed E-state index contributed by atoms with van der Waals surface area (Å²) in [7, 11) is -4.42. The van der Waals surface area contributed by atoms with Gasteiger partial charge < -0.3 is 19.5 Å². The number of hydrogen-bond acceptors (Lipinski definition) is 8. The van der Waals surface area contributed by atoms with Crippen LogP contribution >= 0.6 is 0 Å². The quantitative estimate of drug-likeness (QED) is 0.474. The number of alkyl halides is 3. The number of ether oxygens (including phenoxy) is 2. The summed E-state index contributed by atoms with van der Waals surface area (Å²) >= 11 is 0. The number of carbonyl (C=O) groups is 1. The zero-order valence-corrected chi connectivity index (χ0v) is 24.6. The van der Waals surface area contributed by atoms with Crippen molar-refractivity contribution in [3.8, 4) is 5.75 Å².